The molecule has 0 saturated heterocycles. The van der Waals surface area contributed by atoms with Crippen LogP contribution in [0.15, 0.2) is 17.0 Å². The zero-order valence-electron chi connectivity index (χ0n) is 14.7. The minimum absolute atomic E-state index is 0.0987. The lowest BCUT2D eigenvalue weighted by atomic mass is 9.98. The molecule has 12 heteroatoms. The molecule has 0 N–H and O–H groups in total. The van der Waals surface area contributed by atoms with Crippen molar-refractivity contribution >= 4 is 61.3 Å². The number of carbonyl (C=O) groups excluding carboxylic acids is 1. The zero-order chi connectivity index (χ0) is 22.3. The number of hydrogen-bond donors (Lipinski definition) is 0. The van der Waals surface area contributed by atoms with Crippen LogP contribution in [0.25, 0.3) is 0 Å². The monoisotopic (exact) mass is 657 g/mol. The van der Waals surface area contributed by atoms with E-state index in [1.54, 1.807) is 57.3 Å². The van der Waals surface area contributed by atoms with Crippen molar-refractivity contribution in [1.29, 1.82) is 0 Å². The van der Waals surface area contributed by atoms with Gasteiger partial charge < -0.3 is 9.29 Å². The first-order valence-corrected chi connectivity index (χ1v) is 11.4. The van der Waals surface area contributed by atoms with E-state index in [0.717, 1.165) is 12.0 Å². The highest BCUT2D eigenvalue weighted by Crippen LogP contribution is 2.34. The maximum atomic E-state index is 14.1. The summed E-state index contributed by atoms with van der Waals surface area (Å²) in [5.41, 5.74) is 0.802. The van der Waals surface area contributed by atoms with Crippen LogP contribution in [0.2, 0.25) is 0 Å². The summed E-state index contributed by atoms with van der Waals surface area (Å²) in [4.78, 5) is 10.1. The first-order valence-electron chi connectivity index (χ1n) is 7.84. The number of esters is 1. The molecule has 0 radical (unpaired) electrons. The predicted molar refractivity (Wildman–Crippen MR) is 110 cm³/mol. The van der Waals surface area contributed by atoms with Crippen LogP contribution in [0.1, 0.15) is 42.1 Å². The molecule has 2 aromatic carbocycles. The van der Waals surface area contributed by atoms with Gasteiger partial charge in [-0.3, -0.25) is 0 Å². The Morgan fingerprint density at radius 3 is 1.90 bits per heavy atom. The Balaban J connectivity index is 2.55. The van der Waals surface area contributed by atoms with Crippen LogP contribution in [-0.2, 0) is 10.1 Å². The van der Waals surface area contributed by atoms with Crippen LogP contribution < -0.4 is 4.74 Å². The second-order valence-corrected chi connectivity index (χ2v) is 9.57. The average Bonchev–Trinajstić information content (AvgIpc) is 2.61. The highest BCUT2D eigenvalue weighted by molar-refractivity contribution is 14.1. The van der Waals surface area contributed by atoms with E-state index < -0.39 is 50.0 Å². The number of ether oxygens (including phenoxy) is 1. The molecule has 29 heavy (non-hydrogen) atoms. The van der Waals surface area contributed by atoms with Crippen molar-refractivity contribution in [3.63, 3.8) is 0 Å². The Kier molecular flexibility index (Phi) is 7.54. The van der Waals surface area contributed by atoms with E-state index in [4.69, 9.17) is 0 Å². The fraction of sp³-hybridized carbons (Fsp3) is 0.235. The van der Waals surface area contributed by atoms with Gasteiger partial charge in [0, 0.05) is 7.14 Å². The molecule has 0 saturated carbocycles. The molecular weight excluding hydrogens is 646 g/mol. The molecule has 0 aromatic heterocycles. The number of benzene rings is 2. The summed E-state index contributed by atoms with van der Waals surface area (Å²) in [5, 5.41) is 0. The van der Waals surface area contributed by atoms with Crippen molar-refractivity contribution in [2.45, 2.75) is 31.1 Å². The average molecular weight is 657 g/mol. The first-order chi connectivity index (χ1) is 13.3. The summed E-state index contributed by atoms with van der Waals surface area (Å²) < 4.78 is 93.6. The maximum absolute atomic E-state index is 14.1. The molecule has 2 rings (SSSR count). The third kappa shape index (κ3) is 4.85. The van der Waals surface area contributed by atoms with Crippen LogP contribution in [-0.4, -0.2) is 18.9 Å². The second kappa shape index (κ2) is 9.01. The van der Waals surface area contributed by atoms with Crippen molar-refractivity contribution in [3.8, 4) is 5.75 Å². The molecule has 5 nitrogen and oxygen atoms in total. The van der Waals surface area contributed by atoms with Gasteiger partial charge in [-0.25, -0.2) is 22.0 Å². The largest absolute Gasteiger partial charge is 0.744 e. The highest BCUT2D eigenvalue weighted by atomic mass is 127. The van der Waals surface area contributed by atoms with Gasteiger partial charge in [-0.1, -0.05) is 13.8 Å². The standard InChI is InChI=1S/C17H12F4I2O5S/c1-3-6(2)7-4-8(22)10(9(23)5-7)17(24)28-15-11(18)13(20)16(29(25,26)27)14(21)12(15)19/h4-6H,3H2,1-2H3,(H,25,26,27)/p-1. The fourth-order valence-electron chi connectivity index (χ4n) is 2.35. The van der Waals surface area contributed by atoms with Crippen molar-refractivity contribution in [2.24, 2.45) is 0 Å². The topological polar surface area (TPSA) is 83.5 Å². The van der Waals surface area contributed by atoms with Crippen LogP contribution in [0.3, 0.4) is 0 Å². The molecule has 158 valence electrons. The SMILES string of the molecule is CCC(C)c1cc(I)c(C(=O)Oc2c(F)c(F)c(S(=O)(=O)[O-])c(F)c2F)c(I)c1. The van der Waals surface area contributed by atoms with Crippen LogP contribution in [0.5, 0.6) is 5.75 Å². The van der Waals surface area contributed by atoms with Gasteiger partial charge in [0.05, 0.1) is 5.56 Å². The predicted octanol–water partition coefficient (Wildman–Crippen LogP) is 5.09. The maximum Gasteiger partial charge on any atom is 0.345 e. The van der Waals surface area contributed by atoms with E-state index in [1.807, 2.05) is 13.8 Å². The summed E-state index contributed by atoms with van der Waals surface area (Å²) in [6.45, 7) is 3.92. The molecule has 0 aliphatic rings. The number of hydrogen-bond acceptors (Lipinski definition) is 5. The van der Waals surface area contributed by atoms with Gasteiger partial charge in [0.2, 0.25) is 17.4 Å². The minimum atomic E-state index is -5.86. The summed E-state index contributed by atoms with van der Waals surface area (Å²) in [6.07, 6.45) is 0.819. The number of carbonyl (C=O) groups is 1. The van der Waals surface area contributed by atoms with Gasteiger partial charge in [-0.15, -0.1) is 0 Å². The van der Waals surface area contributed by atoms with Gasteiger partial charge in [0.25, 0.3) is 0 Å². The molecule has 2 aromatic rings. The van der Waals surface area contributed by atoms with Gasteiger partial charge >= 0.3 is 5.97 Å². The third-order valence-corrected chi connectivity index (χ3v) is 6.64. The molecule has 0 bridgehead atoms. The molecule has 0 heterocycles. The van der Waals surface area contributed by atoms with Crippen LogP contribution in [0.4, 0.5) is 17.6 Å². The van der Waals surface area contributed by atoms with E-state index in [-0.39, 0.29) is 11.5 Å². The molecule has 1 atom stereocenters. The summed E-state index contributed by atoms with van der Waals surface area (Å²) >= 11 is 3.61. The highest BCUT2D eigenvalue weighted by Gasteiger charge is 2.32. The van der Waals surface area contributed by atoms with Gasteiger partial charge in [0.1, 0.15) is 15.0 Å². The molecule has 1 unspecified atom stereocenters. The Bertz CT molecular complexity index is 1050. The molecule has 0 fully saturated rings. The molecule has 0 aliphatic carbocycles. The summed E-state index contributed by atoms with van der Waals surface area (Å²) in [6, 6.07) is 3.32. The normalized spacial score (nSPS) is 12.7. The molecule has 0 amide bonds. The molecule has 0 aliphatic heterocycles. The molecular formula is C17H11F4I2O5S-. The van der Waals surface area contributed by atoms with Crippen molar-refractivity contribution < 1.29 is 40.1 Å². The second-order valence-electron chi connectivity index (χ2n) is 5.93. The Morgan fingerprint density at radius 2 is 1.52 bits per heavy atom. The Morgan fingerprint density at radius 1 is 1.07 bits per heavy atom. The summed E-state index contributed by atoms with van der Waals surface area (Å²) in [5.74, 6) is -12.5. The Hall–Kier alpha value is -1.00. The van der Waals surface area contributed by atoms with Gasteiger partial charge in [-0.2, -0.15) is 8.78 Å². The summed E-state index contributed by atoms with van der Waals surface area (Å²) in [7, 11) is -5.86. The Labute approximate surface area is 190 Å². The fourth-order valence-corrected chi connectivity index (χ4v) is 5.23. The van der Waals surface area contributed by atoms with Gasteiger partial charge in [-0.05, 0) is 75.2 Å². The van der Waals surface area contributed by atoms with Crippen molar-refractivity contribution in [2.75, 3.05) is 0 Å². The lowest BCUT2D eigenvalue weighted by Crippen LogP contribution is -2.18. The van der Waals surface area contributed by atoms with Crippen molar-refractivity contribution in [1.82, 2.24) is 0 Å². The van der Waals surface area contributed by atoms with Crippen molar-refractivity contribution in [3.05, 3.63) is 53.7 Å². The lowest BCUT2D eigenvalue weighted by molar-refractivity contribution is 0.0714. The van der Waals surface area contributed by atoms with E-state index >= 15 is 0 Å². The minimum Gasteiger partial charge on any atom is -0.744 e. The number of rotatable bonds is 5. The van der Waals surface area contributed by atoms with Crippen LogP contribution in [0, 0.1) is 30.4 Å². The quantitative estimate of drug-likeness (QED) is 0.112. The van der Waals surface area contributed by atoms with E-state index in [1.165, 1.54) is 0 Å². The van der Waals surface area contributed by atoms with E-state index in [2.05, 4.69) is 4.74 Å². The zero-order valence-corrected chi connectivity index (χ0v) is 19.8. The van der Waals surface area contributed by atoms with E-state index in [9.17, 15) is 35.3 Å². The van der Waals surface area contributed by atoms with Crippen LogP contribution >= 0.6 is 45.2 Å². The smallest absolute Gasteiger partial charge is 0.345 e. The molecule has 0 spiro atoms. The first kappa shape index (κ1) is 24.3. The third-order valence-electron chi connectivity index (χ3n) is 4.08. The number of halogens is 6. The van der Waals surface area contributed by atoms with Gasteiger partial charge in [0.15, 0.2) is 11.6 Å². The lowest BCUT2D eigenvalue weighted by Gasteiger charge is -2.16. The van der Waals surface area contributed by atoms with E-state index in [0.29, 0.717) is 7.14 Å².